The van der Waals surface area contributed by atoms with Crippen LogP contribution in [-0.4, -0.2) is 12.5 Å². The summed E-state index contributed by atoms with van der Waals surface area (Å²) in [5.41, 5.74) is 5.89. The van der Waals surface area contributed by atoms with Crippen molar-refractivity contribution in [1.29, 1.82) is 0 Å². The van der Waals surface area contributed by atoms with Gasteiger partial charge in [0.05, 0.1) is 12.8 Å². The number of rotatable bonds is 6. The van der Waals surface area contributed by atoms with Gasteiger partial charge >= 0.3 is 0 Å². The van der Waals surface area contributed by atoms with E-state index in [0.29, 0.717) is 12.3 Å². The van der Waals surface area contributed by atoms with Crippen LogP contribution in [0.15, 0.2) is 47.1 Å². The minimum Gasteiger partial charge on any atom is -0.484 e. The third-order valence-electron chi connectivity index (χ3n) is 2.26. The number of primary amides is 1. The molecule has 0 atom stereocenters. The Morgan fingerprint density at radius 3 is 2.94 bits per heavy atom. The average Bonchev–Trinajstić information content (AvgIpc) is 2.87. The van der Waals surface area contributed by atoms with Crippen molar-refractivity contribution in [3.05, 3.63) is 48.4 Å². The Balaban J connectivity index is 1.92. The van der Waals surface area contributed by atoms with Gasteiger partial charge in [0.2, 0.25) is 0 Å². The molecule has 5 nitrogen and oxygen atoms in total. The first-order chi connectivity index (χ1) is 8.74. The first-order valence-corrected chi connectivity index (χ1v) is 5.51. The summed E-state index contributed by atoms with van der Waals surface area (Å²) in [6.07, 6.45) is 1.63. The maximum Gasteiger partial charge on any atom is 0.255 e. The van der Waals surface area contributed by atoms with Crippen molar-refractivity contribution in [3.63, 3.8) is 0 Å². The summed E-state index contributed by atoms with van der Waals surface area (Å²) in [7, 11) is 0. The average molecular weight is 246 g/mol. The maximum absolute atomic E-state index is 10.6. The fourth-order valence-electron chi connectivity index (χ4n) is 1.45. The topological polar surface area (TPSA) is 77.5 Å². The van der Waals surface area contributed by atoms with E-state index in [4.69, 9.17) is 14.9 Å². The number of anilines is 1. The lowest BCUT2D eigenvalue weighted by Gasteiger charge is -2.07. The number of ether oxygens (including phenoxy) is 1. The molecule has 1 heterocycles. The maximum atomic E-state index is 10.6. The van der Waals surface area contributed by atoms with Crippen LogP contribution in [0.4, 0.5) is 5.69 Å². The smallest absolute Gasteiger partial charge is 0.255 e. The molecule has 3 N–H and O–H groups in total. The van der Waals surface area contributed by atoms with E-state index in [-0.39, 0.29) is 6.61 Å². The number of carbonyl (C=O) groups is 1. The van der Waals surface area contributed by atoms with Gasteiger partial charge in [0.25, 0.3) is 5.91 Å². The number of carbonyl (C=O) groups excluding carboxylic acids is 1. The van der Waals surface area contributed by atoms with Crippen LogP contribution in [0.5, 0.6) is 5.75 Å². The number of furan rings is 1. The zero-order chi connectivity index (χ0) is 12.8. The lowest BCUT2D eigenvalue weighted by molar-refractivity contribution is -0.119. The molecule has 0 fully saturated rings. The molecule has 0 spiro atoms. The van der Waals surface area contributed by atoms with Crippen molar-refractivity contribution in [2.75, 3.05) is 11.9 Å². The first kappa shape index (κ1) is 12.0. The fourth-order valence-corrected chi connectivity index (χ4v) is 1.45. The number of nitrogens with one attached hydrogen (secondary N) is 1. The Hall–Kier alpha value is -2.43. The van der Waals surface area contributed by atoms with Gasteiger partial charge in [-0.05, 0) is 24.3 Å². The van der Waals surface area contributed by atoms with E-state index in [1.165, 1.54) is 0 Å². The van der Waals surface area contributed by atoms with E-state index >= 15 is 0 Å². The summed E-state index contributed by atoms with van der Waals surface area (Å²) >= 11 is 0. The van der Waals surface area contributed by atoms with Crippen LogP contribution in [0.2, 0.25) is 0 Å². The molecule has 0 bridgehead atoms. The van der Waals surface area contributed by atoms with Gasteiger partial charge in [-0.2, -0.15) is 0 Å². The highest BCUT2D eigenvalue weighted by Gasteiger charge is 2.00. The molecule has 2 rings (SSSR count). The van der Waals surface area contributed by atoms with E-state index in [9.17, 15) is 4.79 Å². The highest BCUT2D eigenvalue weighted by atomic mass is 16.5. The largest absolute Gasteiger partial charge is 0.484 e. The molecule has 0 aliphatic carbocycles. The molecule has 2 aromatic rings. The highest BCUT2D eigenvalue weighted by Crippen LogP contribution is 2.18. The molecule has 0 unspecified atom stereocenters. The standard InChI is InChI=1S/C13H14N2O3/c14-13(16)9-18-11-4-1-3-10(7-11)15-8-12-5-2-6-17-12/h1-7,15H,8-9H2,(H2,14,16). The van der Waals surface area contributed by atoms with Gasteiger partial charge in [-0.15, -0.1) is 0 Å². The second-order valence-electron chi connectivity index (χ2n) is 3.72. The Kier molecular flexibility index (Phi) is 3.86. The number of benzene rings is 1. The molecule has 0 aliphatic rings. The Morgan fingerprint density at radius 1 is 1.33 bits per heavy atom. The first-order valence-electron chi connectivity index (χ1n) is 5.51. The lowest BCUT2D eigenvalue weighted by atomic mass is 10.3. The summed E-state index contributed by atoms with van der Waals surface area (Å²) in [6, 6.07) is 11.0. The van der Waals surface area contributed by atoms with Gasteiger partial charge in [0.15, 0.2) is 6.61 Å². The summed E-state index contributed by atoms with van der Waals surface area (Å²) in [5.74, 6) is 0.945. The van der Waals surface area contributed by atoms with E-state index < -0.39 is 5.91 Å². The Morgan fingerprint density at radius 2 is 2.22 bits per heavy atom. The summed E-state index contributed by atoms with van der Waals surface area (Å²) in [4.78, 5) is 10.6. The van der Waals surface area contributed by atoms with Gasteiger partial charge in [-0.25, -0.2) is 0 Å². The number of amides is 1. The van der Waals surface area contributed by atoms with E-state index in [1.807, 2.05) is 24.3 Å². The van der Waals surface area contributed by atoms with Crippen LogP contribution < -0.4 is 15.8 Å². The molecule has 5 heteroatoms. The molecule has 0 radical (unpaired) electrons. The molecule has 1 aromatic carbocycles. The van der Waals surface area contributed by atoms with Gasteiger partial charge in [-0.3, -0.25) is 4.79 Å². The van der Waals surface area contributed by atoms with Crippen LogP contribution in [0.25, 0.3) is 0 Å². The minimum atomic E-state index is -0.496. The zero-order valence-electron chi connectivity index (χ0n) is 9.76. The second kappa shape index (κ2) is 5.77. The van der Waals surface area contributed by atoms with Crippen molar-refractivity contribution in [1.82, 2.24) is 0 Å². The molecular formula is C13H14N2O3. The lowest BCUT2D eigenvalue weighted by Crippen LogP contribution is -2.20. The second-order valence-corrected chi connectivity index (χ2v) is 3.72. The zero-order valence-corrected chi connectivity index (χ0v) is 9.76. The predicted molar refractivity (Wildman–Crippen MR) is 67.2 cm³/mol. The molecule has 1 aromatic heterocycles. The third kappa shape index (κ3) is 3.55. The molecule has 0 aliphatic heterocycles. The summed E-state index contributed by atoms with van der Waals surface area (Å²) in [5, 5.41) is 3.19. The molecular weight excluding hydrogens is 232 g/mol. The molecule has 0 saturated carbocycles. The van der Waals surface area contributed by atoms with Crippen LogP contribution in [0, 0.1) is 0 Å². The quantitative estimate of drug-likeness (QED) is 0.814. The van der Waals surface area contributed by atoms with Crippen LogP contribution in [0.3, 0.4) is 0 Å². The van der Waals surface area contributed by atoms with Crippen molar-refractivity contribution >= 4 is 11.6 Å². The van der Waals surface area contributed by atoms with Crippen molar-refractivity contribution < 1.29 is 13.9 Å². The Labute approximate surface area is 105 Å². The number of nitrogens with two attached hydrogens (primary N) is 1. The summed E-state index contributed by atoms with van der Waals surface area (Å²) in [6.45, 7) is 0.466. The minimum absolute atomic E-state index is 0.123. The molecule has 1 amide bonds. The van der Waals surface area contributed by atoms with E-state index in [1.54, 1.807) is 18.4 Å². The predicted octanol–water partition coefficient (Wildman–Crippen LogP) is 1.76. The normalized spacial score (nSPS) is 10.0. The highest BCUT2D eigenvalue weighted by molar-refractivity contribution is 5.75. The van der Waals surface area contributed by atoms with E-state index in [2.05, 4.69) is 5.32 Å². The van der Waals surface area contributed by atoms with E-state index in [0.717, 1.165) is 11.4 Å². The molecule has 94 valence electrons. The van der Waals surface area contributed by atoms with Crippen molar-refractivity contribution in [3.8, 4) is 5.75 Å². The number of hydrogen-bond acceptors (Lipinski definition) is 4. The number of hydrogen-bond donors (Lipinski definition) is 2. The third-order valence-corrected chi connectivity index (χ3v) is 2.26. The summed E-state index contributed by atoms with van der Waals surface area (Å²) < 4.78 is 10.4. The van der Waals surface area contributed by atoms with Gasteiger partial charge < -0.3 is 20.2 Å². The van der Waals surface area contributed by atoms with Crippen molar-refractivity contribution in [2.24, 2.45) is 5.73 Å². The molecule has 18 heavy (non-hydrogen) atoms. The van der Waals surface area contributed by atoms with Crippen LogP contribution in [-0.2, 0) is 11.3 Å². The van der Waals surface area contributed by atoms with Gasteiger partial charge in [0.1, 0.15) is 11.5 Å². The van der Waals surface area contributed by atoms with Gasteiger partial charge in [-0.1, -0.05) is 6.07 Å². The van der Waals surface area contributed by atoms with Crippen LogP contribution in [0.1, 0.15) is 5.76 Å². The molecule has 0 saturated heterocycles. The Bertz CT molecular complexity index is 509. The SMILES string of the molecule is NC(=O)COc1cccc(NCc2ccco2)c1. The fraction of sp³-hybridized carbons (Fsp3) is 0.154. The monoisotopic (exact) mass is 246 g/mol. The van der Waals surface area contributed by atoms with Crippen LogP contribution >= 0.6 is 0 Å². The van der Waals surface area contributed by atoms with Gasteiger partial charge in [0, 0.05) is 11.8 Å². The van der Waals surface area contributed by atoms with Crippen molar-refractivity contribution in [2.45, 2.75) is 6.54 Å².